The Bertz CT molecular complexity index is 232. The van der Waals surface area contributed by atoms with Crippen molar-refractivity contribution in [3.05, 3.63) is 0 Å². The lowest BCUT2D eigenvalue weighted by Crippen LogP contribution is -2.39. The molecule has 0 radical (unpaired) electrons. The van der Waals surface area contributed by atoms with Gasteiger partial charge in [0.1, 0.15) is 0 Å². The molecule has 2 atom stereocenters. The van der Waals surface area contributed by atoms with Gasteiger partial charge in [0.05, 0.1) is 0 Å². The van der Waals surface area contributed by atoms with E-state index in [0.29, 0.717) is 0 Å². The molecule has 2 heterocycles. The Labute approximate surface area is 113 Å². The number of fused-ring (bicyclic) bond motifs is 2. The Hall–Kier alpha value is -0.120. The van der Waals surface area contributed by atoms with Crippen LogP contribution in [0.4, 0.5) is 0 Å². The summed E-state index contributed by atoms with van der Waals surface area (Å²) in [5.41, 5.74) is 0. The van der Waals surface area contributed by atoms with Gasteiger partial charge < -0.3 is 10.2 Å². The van der Waals surface area contributed by atoms with E-state index in [1.54, 1.807) is 0 Å². The first kappa shape index (κ1) is 14.3. The molecule has 18 heavy (non-hydrogen) atoms. The van der Waals surface area contributed by atoms with E-state index in [-0.39, 0.29) is 0 Å². The van der Waals surface area contributed by atoms with Crippen LogP contribution in [0.25, 0.3) is 0 Å². The summed E-state index contributed by atoms with van der Waals surface area (Å²) in [5, 5.41) is 3.59. The molecule has 0 aliphatic carbocycles. The van der Waals surface area contributed by atoms with E-state index in [9.17, 15) is 0 Å². The van der Waals surface area contributed by atoms with Crippen LogP contribution >= 0.6 is 0 Å². The van der Waals surface area contributed by atoms with Gasteiger partial charge in [-0.15, -0.1) is 0 Å². The maximum atomic E-state index is 3.59. The fraction of sp³-hybridized carbons (Fsp3) is 1.00. The van der Waals surface area contributed by atoms with Gasteiger partial charge in [-0.25, -0.2) is 0 Å². The largest absolute Gasteiger partial charge is 0.315 e. The van der Waals surface area contributed by atoms with Crippen LogP contribution in [0, 0.1) is 0 Å². The average Bonchev–Trinajstić information content (AvgIpc) is 2.61. The molecule has 2 unspecified atom stereocenters. The van der Waals surface area contributed by atoms with E-state index in [4.69, 9.17) is 0 Å². The van der Waals surface area contributed by atoms with E-state index < -0.39 is 0 Å². The Morgan fingerprint density at radius 2 is 1.89 bits per heavy atom. The zero-order valence-electron chi connectivity index (χ0n) is 12.3. The summed E-state index contributed by atoms with van der Waals surface area (Å²) in [4.78, 5) is 5.31. The smallest absolute Gasteiger partial charge is 0.0223 e. The number of likely N-dealkylation sites (tertiary alicyclic amines) is 1. The van der Waals surface area contributed by atoms with Crippen LogP contribution in [0.1, 0.15) is 45.4 Å². The van der Waals surface area contributed by atoms with Crippen LogP contribution < -0.4 is 5.32 Å². The second-order valence-electron chi connectivity index (χ2n) is 6.10. The highest BCUT2D eigenvalue weighted by Gasteiger charge is 2.34. The first-order chi connectivity index (χ1) is 8.81. The number of nitrogens with one attached hydrogen (secondary N) is 1. The molecule has 2 rings (SSSR count). The maximum Gasteiger partial charge on any atom is 0.0223 e. The molecular weight excluding hydrogens is 222 g/mol. The molecule has 0 aromatic carbocycles. The van der Waals surface area contributed by atoms with E-state index >= 15 is 0 Å². The van der Waals surface area contributed by atoms with Crippen molar-refractivity contribution in [1.82, 2.24) is 15.1 Å². The fourth-order valence-corrected chi connectivity index (χ4v) is 3.44. The summed E-state index contributed by atoms with van der Waals surface area (Å²) in [6.45, 7) is 8.48. The molecule has 106 valence electrons. The number of likely N-dealkylation sites (N-methyl/N-ethyl adjacent to an activating group) is 1. The summed E-state index contributed by atoms with van der Waals surface area (Å²) in [6.07, 6.45) is 8.26. The molecule has 3 nitrogen and oxygen atoms in total. The molecule has 2 bridgehead atoms. The predicted octanol–water partition coefficient (Wildman–Crippen LogP) is 1.93. The first-order valence-electron chi connectivity index (χ1n) is 7.96. The third-order valence-electron chi connectivity index (χ3n) is 4.79. The van der Waals surface area contributed by atoms with Crippen LogP contribution in [-0.2, 0) is 0 Å². The molecule has 2 fully saturated rings. The number of nitrogens with zero attached hydrogens (tertiary/aromatic N) is 2. The summed E-state index contributed by atoms with van der Waals surface area (Å²) in [7, 11) is 2.33. The lowest BCUT2D eigenvalue weighted by atomic mass is 10.1. The third-order valence-corrected chi connectivity index (χ3v) is 4.79. The van der Waals surface area contributed by atoms with Gasteiger partial charge in [0.2, 0.25) is 0 Å². The van der Waals surface area contributed by atoms with E-state index in [1.807, 2.05) is 0 Å². The van der Waals surface area contributed by atoms with E-state index in [2.05, 4.69) is 29.1 Å². The Morgan fingerprint density at radius 1 is 1.06 bits per heavy atom. The second-order valence-corrected chi connectivity index (χ2v) is 6.10. The van der Waals surface area contributed by atoms with Crippen LogP contribution in [-0.4, -0.2) is 61.7 Å². The van der Waals surface area contributed by atoms with Crippen molar-refractivity contribution >= 4 is 0 Å². The number of unbranched alkanes of at least 4 members (excludes halogenated alkanes) is 2. The molecule has 0 amide bonds. The molecular formula is C15H31N3. The van der Waals surface area contributed by atoms with Crippen molar-refractivity contribution in [2.75, 3.05) is 39.8 Å². The zero-order valence-corrected chi connectivity index (χ0v) is 12.3. The minimum Gasteiger partial charge on any atom is -0.315 e. The van der Waals surface area contributed by atoms with Crippen LogP contribution in [0.2, 0.25) is 0 Å². The molecule has 1 N–H and O–H groups in total. The van der Waals surface area contributed by atoms with E-state index in [0.717, 1.165) is 12.1 Å². The van der Waals surface area contributed by atoms with Crippen LogP contribution in [0.15, 0.2) is 0 Å². The highest BCUT2D eigenvalue weighted by atomic mass is 15.3. The molecule has 3 heteroatoms. The number of hydrogen-bond donors (Lipinski definition) is 1. The van der Waals surface area contributed by atoms with Crippen molar-refractivity contribution < 1.29 is 0 Å². The Morgan fingerprint density at radius 3 is 2.72 bits per heavy atom. The highest BCUT2D eigenvalue weighted by Crippen LogP contribution is 2.28. The monoisotopic (exact) mass is 253 g/mol. The normalized spacial score (nSPS) is 29.7. The van der Waals surface area contributed by atoms with Crippen molar-refractivity contribution in [3.63, 3.8) is 0 Å². The molecule has 2 saturated heterocycles. The molecule has 2 aliphatic heterocycles. The van der Waals surface area contributed by atoms with Gasteiger partial charge in [0.15, 0.2) is 0 Å². The fourth-order valence-electron chi connectivity index (χ4n) is 3.44. The van der Waals surface area contributed by atoms with Gasteiger partial charge in [0, 0.05) is 31.7 Å². The van der Waals surface area contributed by atoms with Crippen molar-refractivity contribution in [2.24, 2.45) is 0 Å². The lowest BCUT2D eigenvalue weighted by molar-refractivity contribution is 0.219. The molecule has 0 aromatic heterocycles. The van der Waals surface area contributed by atoms with Gasteiger partial charge >= 0.3 is 0 Å². The van der Waals surface area contributed by atoms with Gasteiger partial charge in [-0.05, 0) is 45.8 Å². The van der Waals surface area contributed by atoms with Crippen LogP contribution in [0.5, 0.6) is 0 Å². The summed E-state index contributed by atoms with van der Waals surface area (Å²) >= 11 is 0. The van der Waals surface area contributed by atoms with Crippen LogP contribution in [0.3, 0.4) is 0 Å². The predicted molar refractivity (Wildman–Crippen MR) is 78.0 cm³/mol. The first-order valence-corrected chi connectivity index (χ1v) is 7.96. The van der Waals surface area contributed by atoms with Gasteiger partial charge in [-0.1, -0.05) is 19.8 Å². The van der Waals surface area contributed by atoms with Crippen molar-refractivity contribution in [3.8, 4) is 0 Å². The minimum atomic E-state index is 0.831. The van der Waals surface area contributed by atoms with Gasteiger partial charge in [-0.2, -0.15) is 0 Å². The van der Waals surface area contributed by atoms with Crippen molar-refractivity contribution in [1.29, 1.82) is 0 Å². The number of rotatable bonds is 7. The molecule has 2 aliphatic rings. The Kier molecular flexibility index (Phi) is 5.93. The highest BCUT2D eigenvalue weighted by molar-refractivity contribution is 4.90. The van der Waals surface area contributed by atoms with Gasteiger partial charge in [-0.3, -0.25) is 4.90 Å². The van der Waals surface area contributed by atoms with E-state index in [1.165, 1.54) is 71.2 Å². The van der Waals surface area contributed by atoms with Crippen molar-refractivity contribution in [2.45, 2.75) is 57.5 Å². The molecule has 0 spiro atoms. The summed E-state index contributed by atoms with van der Waals surface area (Å²) in [6, 6.07) is 1.70. The molecule has 0 aromatic rings. The summed E-state index contributed by atoms with van der Waals surface area (Å²) < 4.78 is 0. The molecule has 0 saturated carbocycles. The topological polar surface area (TPSA) is 18.5 Å². The van der Waals surface area contributed by atoms with Gasteiger partial charge in [0.25, 0.3) is 0 Å². The zero-order chi connectivity index (χ0) is 12.8. The lowest BCUT2D eigenvalue weighted by Gasteiger charge is -2.25. The quantitative estimate of drug-likeness (QED) is 0.700. The standard InChI is InChI=1S/C15H31N3/c1-3-4-5-9-16-10-12-18-11-8-14-6-7-15(13-18)17(14)2/h14-16H,3-13H2,1-2H3. The Balaban J connectivity index is 1.59. The number of hydrogen-bond acceptors (Lipinski definition) is 3. The minimum absolute atomic E-state index is 0.831. The second kappa shape index (κ2) is 7.46. The maximum absolute atomic E-state index is 3.59. The summed E-state index contributed by atoms with van der Waals surface area (Å²) in [5.74, 6) is 0. The third kappa shape index (κ3) is 3.94. The average molecular weight is 253 g/mol. The SMILES string of the molecule is CCCCCNCCN1CCC2CCC(C1)N2C.